The first kappa shape index (κ1) is 19.1. The summed E-state index contributed by atoms with van der Waals surface area (Å²) in [5, 5.41) is 2.58. The lowest BCUT2D eigenvalue weighted by atomic mass is 10.1. The monoisotopic (exact) mass is 478 g/mol. The predicted molar refractivity (Wildman–Crippen MR) is 108 cm³/mol. The summed E-state index contributed by atoms with van der Waals surface area (Å²) >= 11 is 2.14. The molecule has 3 rings (SSSR count). The van der Waals surface area contributed by atoms with Crippen molar-refractivity contribution < 1.29 is 18.7 Å². The molecule has 5 nitrogen and oxygen atoms in total. The number of imide groups is 1. The average Bonchev–Trinajstić information content (AvgIpc) is 2.90. The van der Waals surface area contributed by atoms with E-state index in [4.69, 9.17) is 4.74 Å². The van der Waals surface area contributed by atoms with E-state index in [0.29, 0.717) is 12.2 Å². The number of ether oxygens (including phenoxy) is 1. The summed E-state index contributed by atoms with van der Waals surface area (Å²) in [6.07, 6.45) is 3.28. The zero-order valence-electron chi connectivity index (χ0n) is 14.2. The molecule has 138 valence electrons. The maximum absolute atomic E-state index is 13.0. The van der Waals surface area contributed by atoms with Gasteiger partial charge in [0, 0.05) is 0 Å². The summed E-state index contributed by atoms with van der Waals surface area (Å²) in [5.41, 5.74) is 1.62. The molecule has 0 radical (unpaired) electrons. The van der Waals surface area contributed by atoms with Crippen molar-refractivity contribution in [3.63, 3.8) is 0 Å². The molecule has 7 heteroatoms. The second kappa shape index (κ2) is 8.34. The standard InChI is InChI=1S/C20H16FIN2O3/c1-2-9-27-18-8-5-14(10-16(18)22)11-17-19(25)24(20(26)23-17)12-13-3-6-15(21)7-4-13/h2-8,10-11H,1,9,12H2,(H,23,26)/b17-11+. The van der Waals surface area contributed by atoms with Crippen LogP contribution >= 0.6 is 22.6 Å². The predicted octanol–water partition coefficient (Wildman–Crippen LogP) is 4.09. The quantitative estimate of drug-likeness (QED) is 0.295. The number of rotatable bonds is 6. The lowest BCUT2D eigenvalue weighted by Crippen LogP contribution is -2.30. The van der Waals surface area contributed by atoms with Gasteiger partial charge in [-0.3, -0.25) is 9.69 Å². The third kappa shape index (κ3) is 4.54. The summed E-state index contributed by atoms with van der Waals surface area (Å²) in [4.78, 5) is 25.8. The van der Waals surface area contributed by atoms with Crippen molar-refractivity contribution in [1.82, 2.24) is 10.2 Å². The van der Waals surface area contributed by atoms with Crippen molar-refractivity contribution in [1.29, 1.82) is 0 Å². The van der Waals surface area contributed by atoms with Gasteiger partial charge in [-0.1, -0.05) is 30.9 Å². The molecule has 3 amide bonds. The average molecular weight is 478 g/mol. The lowest BCUT2D eigenvalue weighted by molar-refractivity contribution is -0.123. The Morgan fingerprint density at radius 1 is 1.19 bits per heavy atom. The third-order valence-electron chi connectivity index (χ3n) is 3.84. The number of hydrogen-bond acceptors (Lipinski definition) is 3. The molecule has 0 bridgehead atoms. The Balaban J connectivity index is 1.76. The maximum atomic E-state index is 13.0. The van der Waals surface area contributed by atoms with Crippen LogP contribution in [0.15, 0.2) is 60.8 Å². The van der Waals surface area contributed by atoms with E-state index in [2.05, 4.69) is 34.5 Å². The van der Waals surface area contributed by atoms with Crippen molar-refractivity contribution in [2.45, 2.75) is 6.54 Å². The second-order valence-electron chi connectivity index (χ2n) is 5.80. The maximum Gasteiger partial charge on any atom is 0.329 e. The first-order valence-electron chi connectivity index (χ1n) is 8.10. The Hall–Kier alpha value is -2.68. The van der Waals surface area contributed by atoms with Crippen molar-refractivity contribution in [3.05, 3.63) is 81.3 Å². The van der Waals surface area contributed by atoms with E-state index in [1.54, 1.807) is 36.4 Å². The molecule has 0 atom stereocenters. The highest BCUT2D eigenvalue weighted by Gasteiger charge is 2.33. The van der Waals surface area contributed by atoms with Crippen molar-refractivity contribution >= 4 is 40.6 Å². The number of nitrogens with one attached hydrogen (secondary N) is 1. The van der Waals surface area contributed by atoms with Crippen LogP contribution in [0, 0.1) is 9.39 Å². The molecule has 1 heterocycles. The molecular weight excluding hydrogens is 462 g/mol. The second-order valence-corrected chi connectivity index (χ2v) is 6.96. The molecule has 0 aliphatic carbocycles. The van der Waals surface area contributed by atoms with Crippen LogP contribution in [0.5, 0.6) is 5.75 Å². The van der Waals surface area contributed by atoms with E-state index in [1.165, 1.54) is 12.1 Å². The van der Waals surface area contributed by atoms with Crippen molar-refractivity contribution in [3.8, 4) is 5.75 Å². The topological polar surface area (TPSA) is 58.6 Å². The normalized spacial score (nSPS) is 15.2. The number of amides is 3. The molecule has 0 saturated carbocycles. The molecule has 2 aromatic rings. The molecule has 2 aromatic carbocycles. The van der Waals surface area contributed by atoms with E-state index in [9.17, 15) is 14.0 Å². The van der Waals surface area contributed by atoms with Gasteiger partial charge in [-0.2, -0.15) is 0 Å². The van der Waals surface area contributed by atoms with Crippen LogP contribution in [-0.2, 0) is 11.3 Å². The number of carbonyl (C=O) groups excluding carboxylic acids is 2. The van der Waals surface area contributed by atoms with Gasteiger partial charge in [0.25, 0.3) is 5.91 Å². The van der Waals surface area contributed by atoms with Crippen LogP contribution in [0.2, 0.25) is 0 Å². The third-order valence-corrected chi connectivity index (χ3v) is 4.68. The van der Waals surface area contributed by atoms with Crippen molar-refractivity contribution in [2.75, 3.05) is 6.61 Å². The zero-order valence-corrected chi connectivity index (χ0v) is 16.4. The number of benzene rings is 2. The minimum atomic E-state index is -0.504. The molecule has 1 N–H and O–H groups in total. The van der Waals surface area contributed by atoms with Gasteiger partial charge in [0.1, 0.15) is 23.9 Å². The number of hydrogen-bond donors (Lipinski definition) is 1. The Kier molecular flexibility index (Phi) is 5.90. The molecule has 0 aromatic heterocycles. The molecule has 1 saturated heterocycles. The first-order valence-corrected chi connectivity index (χ1v) is 9.18. The minimum absolute atomic E-state index is 0.0775. The van der Waals surface area contributed by atoms with Crippen LogP contribution in [-0.4, -0.2) is 23.4 Å². The van der Waals surface area contributed by atoms with Crippen LogP contribution in [0.1, 0.15) is 11.1 Å². The highest BCUT2D eigenvalue weighted by Crippen LogP contribution is 2.24. The van der Waals surface area contributed by atoms with Crippen LogP contribution in [0.4, 0.5) is 9.18 Å². The van der Waals surface area contributed by atoms with Crippen LogP contribution in [0.3, 0.4) is 0 Å². The fourth-order valence-corrected chi connectivity index (χ4v) is 3.22. The minimum Gasteiger partial charge on any atom is -0.488 e. The van der Waals surface area contributed by atoms with Gasteiger partial charge in [0.2, 0.25) is 0 Å². The van der Waals surface area contributed by atoms with Crippen LogP contribution < -0.4 is 10.1 Å². The van der Waals surface area contributed by atoms with Gasteiger partial charge in [0.05, 0.1) is 10.1 Å². The van der Waals surface area contributed by atoms with E-state index < -0.39 is 11.9 Å². The number of urea groups is 1. The highest BCUT2D eigenvalue weighted by atomic mass is 127. The number of nitrogens with zero attached hydrogens (tertiary/aromatic N) is 1. The van der Waals surface area contributed by atoms with Gasteiger partial charge in [-0.05, 0) is 64.1 Å². The Labute approximate surface area is 169 Å². The fraction of sp³-hybridized carbons (Fsp3) is 0.100. The van der Waals surface area contributed by atoms with Gasteiger partial charge < -0.3 is 10.1 Å². The Bertz CT molecular complexity index is 925. The van der Waals surface area contributed by atoms with Crippen LogP contribution in [0.25, 0.3) is 6.08 Å². The SMILES string of the molecule is C=CCOc1ccc(/C=C2/NC(=O)N(Cc3ccc(F)cc3)C2=O)cc1I. The highest BCUT2D eigenvalue weighted by molar-refractivity contribution is 14.1. The van der Waals surface area contributed by atoms with E-state index in [-0.39, 0.29) is 18.1 Å². The van der Waals surface area contributed by atoms with Gasteiger partial charge in [-0.15, -0.1) is 0 Å². The number of halogens is 2. The van der Waals surface area contributed by atoms with E-state index >= 15 is 0 Å². The summed E-state index contributed by atoms with van der Waals surface area (Å²) < 4.78 is 19.4. The Morgan fingerprint density at radius 2 is 1.93 bits per heavy atom. The molecule has 27 heavy (non-hydrogen) atoms. The van der Waals surface area contributed by atoms with Crippen molar-refractivity contribution in [2.24, 2.45) is 0 Å². The van der Waals surface area contributed by atoms with Gasteiger partial charge in [-0.25, -0.2) is 9.18 Å². The molecule has 0 spiro atoms. The van der Waals surface area contributed by atoms with Gasteiger partial charge in [0.15, 0.2) is 0 Å². The van der Waals surface area contributed by atoms with E-state index in [0.717, 1.165) is 19.8 Å². The summed E-state index contributed by atoms with van der Waals surface area (Å²) in [6.45, 7) is 4.09. The summed E-state index contributed by atoms with van der Waals surface area (Å²) in [5.74, 6) is -0.0738. The van der Waals surface area contributed by atoms with E-state index in [1.807, 2.05) is 6.07 Å². The zero-order chi connectivity index (χ0) is 19.4. The number of carbonyl (C=O) groups is 2. The van der Waals surface area contributed by atoms with Gasteiger partial charge >= 0.3 is 6.03 Å². The summed E-state index contributed by atoms with van der Waals surface area (Å²) in [6, 6.07) is 10.6. The fourth-order valence-electron chi connectivity index (χ4n) is 2.53. The molecule has 1 fully saturated rings. The largest absolute Gasteiger partial charge is 0.488 e. The first-order chi connectivity index (χ1) is 13.0. The Morgan fingerprint density at radius 3 is 2.59 bits per heavy atom. The molecule has 1 aliphatic rings. The summed E-state index contributed by atoms with van der Waals surface area (Å²) in [7, 11) is 0. The smallest absolute Gasteiger partial charge is 0.329 e. The molecule has 1 aliphatic heterocycles. The molecular formula is C20H16FIN2O3. The molecule has 0 unspecified atom stereocenters. The lowest BCUT2D eigenvalue weighted by Gasteiger charge is -2.11.